The first kappa shape index (κ1) is 18.2. The molecule has 5 nitrogen and oxygen atoms in total. The Kier molecular flexibility index (Phi) is 5.65. The molecule has 1 aromatic carbocycles. The molecule has 0 radical (unpaired) electrons. The van der Waals surface area contributed by atoms with Crippen LogP contribution in [0.15, 0.2) is 24.3 Å². The Morgan fingerprint density at radius 1 is 1.26 bits per heavy atom. The maximum absolute atomic E-state index is 11.7. The molecule has 1 aliphatic rings. The zero-order valence-electron chi connectivity index (χ0n) is 14.1. The Morgan fingerprint density at radius 2 is 1.87 bits per heavy atom. The molecule has 0 aromatic heterocycles. The first-order valence-corrected chi connectivity index (χ1v) is 10.0. The monoisotopic (exact) mass is 355 g/mol. The SMILES string of the molecule is CC(C)c1ccc(NC(=S)N([C@H]2CCS(=O)(=O)C2)N(C)C)cc1. The van der Waals surface area contributed by atoms with Crippen molar-refractivity contribution in [3.63, 3.8) is 0 Å². The van der Waals surface area contributed by atoms with Gasteiger partial charge in [-0.05, 0) is 42.3 Å². The highest BCUT2D eigenvalue weighted by atomic mass is 32.2. The molecule has 1 fully saturated rings. The van der Waals surface area contributed by atoms with Gasteiger partial charge in [0.15, 0.2) is 14.9 Å². The van der Waals surface area contributed by atoms with Gasteiger partial charge in [-0.3, -0.25) is 5.01 Å². The standard InChI is InChI=1S/C16H25N3O2S2/c1-12(2)13-5-7-14(8-6-13)17-16(22)19(18(3)4)15-9-10-23(20,21)11-15/h5-8,12,15H,9-11H2,1-4H3,(H,17,22)/t15-/m0/s1. The van der Waals surface area contributed by atoms with E-state index in [1.807, 2.05) is 36.2 Å². The molecule has 0 aliphatic carbocycles. The van der Waals surface area contributed by atoms with Crippen molar-refractivity contribution in [1.29, 1.82) is 0 Å². The quantitative estimate of drug-likeness (QED) is 0.661. The summed E-state index contributed by atoms with van der Waals surface area (Å²) in [5, 5.41) is 7.45. The molecule has 7 heteroatoms. The highest BCUT2D eigenvalue weighted by Crippen LogP contribution is 2.21. The molecule has 1 saturated heterocycles. The number of nitrogens with zero attached hydrogens (tertiary/aromatic N) is 2. The fourth-order valence-corrected chi connectivity index (χ4v) is 4.90. The summed E-state index contributed by atoms with van der Waals surface area (Å²) in [7, 11) is 0.800. The Hall–Kier alpha value is -1.18. The first-order chi connectivity index (χ1) is 10.7. The molecule has 1 atom stereocenters. The topological polar surface area (TPSA) is 52.7 Å². The summed E-state index contributed by atoms with van der Waals surface area (Å²) in [4.78, 5) is 0. The van der Waals surface area contributed by atoms with E-state index < -0.39 is 9.84 Å². The van der Waals surface area contributed by atoms with Crippen LogP contribution in [0.2, 0.25) is 0 Å². The molecule has 1 N–H and O–H groups in total. The van der Waals surface area contributed by atoms with Gasteiger partial charge in [-0.15, -0.1) is 0 Å². The second-order valence-electron chi connectivity index (χ2n) is 6.46. The van der Waals surface area contributed by atoms with Crippen molar-refractivity contribution >= 4 is 32.9 Å². The van der Waals surface area contributed by atoms with Gasteiger partial charge in [0, 0.05) is 19.8 Å². The van der Waals surface area contributed by atoms with E-state index in [1.54, 1.807) is 0 Å². The fourth-order valence-electron chi connectivity index (χ4n) is 2.77. The van der Waals surface area contributed by atoms with E-state index in [9.17, 15) is 8.42 Å². The van der Waals surface area contributed by atoms with Crippen LogP contribution in [-0.2, 0) is 9.84 Å². The molecule has 0 saturated carbocycles. The number of hydrogen-bond donors (Lipinski definition) is 1. The summed E-state index contributed by atoms with van der Waals surface area (Å²) in [5.74, 6) is 0.866. The Labute approximate surface area is 144 Å². The van der Waals surface area contributed by atoms with Crippen molar-refractivity contribution in [2.24, 2.45) is 0 Å². The van der Waals surface area contributed by atoms with Crippen molar-refractivity contribution in [2.45, 2.75) is 32.2 Å². The van der Waals surface area contributed by atoms with E-state index in [4.69, 9.17) is 12.2 Å². The number of hydrazine groups is 1. The van der Waals surface area contributed by atoms with Gasteiger partial charge >= 0.3 is 0 Å². The van der Waals surface area contributed by atoms with Gasteiger partial charge < -0.3 is 5.32 Å². The fraction of sp³-hybridized carbons (Fsp3) is 0.562. The van der Waals surface area contributed by atoms with E-state index in [1.165, 1.54) is 5.56 Å². The van der Waals surface area contributed by atoms with E-state index >= 15 is 0 Å². The van der Waals surface area contributed by atoms with Gasteiger partial charge in [-0.25, -0.2) is 13.4 Å². The number of rotatable bonds is 4. The molecule has 1 aliphatic heterocycles. The summed E-state index contributed by atoms with van der Waals surface area (Å²) >= 11 is 5.51. The zero-order valence-corrected chi connectivity index (χ0v) is 15.7. The van der Waals surface area contributed by atoms with Crippen LogP contribution in [0.25, 0.3) is 0 Å². The molecule has 23 heavy (non-hydrogen) atoms. The van der Waals surface area contributed by atoms with Gasteiger partial charge in [0.05, 0.1) is 17.5 Å². The minimum Gasteiger partial charge on any atom is -0.332 e. The highest BCUT2D eigenvalue weighted by molar-refractivity contribution is 7.91. The van der Waals surface area contributed by atoms with Crippen LogP contribution in [0.1, 0.15) is 31.7 Å². The molecule has 0 spiro atoms. The highest BCUT2D eigenvalue weighted by Gasteiger charge is 2.34. The van der Waals surface area contributed by atoms with Gasteiger partial charge in [-0.1, -0.05) is 26.0 Å². The van der Waals surface area contributed by atoms with E-state index in [-0.39, 0.29) is 17.5 Å². The molecule has 1 aromatic rings. The van der Waals surface area contributed by atoms with Gasteiger partial charge in [0.25, 0.3) is 0 Å². The van der Waals surface area contributed by atoms with Crippen molar-refractivity contribution in [3.8, 4) is 0 Å². The smallest absolute Gasteiger partial charge is 0.188 e. The number of anilines is 1. The summed E-state index contributed by atoms with van der Waals surface area (Å²) in [6.07, 6.45) is 0.606. The van der Waals surface area contributed by atoms with Gasteiger partial charge in [0.2, 0.25) is 0 Å². The van der Waals surface area contributed by atoms with Crippen LogP contribution >= 0.6 is 12.2 Å². The number of benzene rings is 1. The van der Waals surface area contributed by atoms with Crippen LogP contribution in [0.5, 0.6) is 0 Å². The van der Waals surface area contributed by atoms with Crippen molar-refractivity contribution in [2.75, 3.05) is 30.9 Å². The van der Waals surface area contributed by atoms with E-state index in [0.717, 1.165) is 5.69 Å². The second-order valence-corrected chi connectivity index (χ2v) is 9.07. The minimum absolute atomic E-state index is 0.107. The maximum Gasteiger partial charge on any atom is 0.188 e. The summed E-state index contributed by atoms with van der Waals surface area (Å²) in [5.41, 5.74) is 2.18. The van der Waals surface area contributed by atoms with Crippen molar-refractivity contribution in [1.82, 2.24) is 10.0 Å². The second kappa shape index (κ2) is 7.15. The molecule has 128 valence electrons. The average molecular weight is 356 g/mol. The maximum atomic E-state index is 11.7. The third-order valence-corrected chi connectivity index (χ3v) is 6.06. The lowest BCUT2D eigenvalue weighted by molar-refractivity contribution is 0.0757. The van der Waals surface area contributed by atoms with Crippen LogP contribution in [0.3, 0.4) is 0 Å². The summed E-state index contributed by atoms with van der Waals surface area (Å²) in [6, 6.07) is 8.05. The normalized spacial score (nSPS) is 20.0. The predicted molar refractivity (Wildman–Crippen MR) is 99.3 cm³/mol. The Morgan fingerprint density at radius 3 is 2.30 bits per heavy atom. The predicted octanol–water partition coefficient (Wildman–Crippen LogP) is 2.47. The van der Waals surface area contributed by atoms with Crippen LogP contribution in [0.4, 0.5) is 5.69 Å². The van der Waals surface area contributed by atoms with E-state index in [2.05, 4.69) is 31.3 Å². The molecule has 2 rings (SSSR count). The lowest BCUT2D eigenvalue weighted by Gasteiger charge is -2.36. The van der Waals surface area contributed by atoms with Crippen LogP contribution in [-0.4, -0.2) is 55.2 Å². The molecular formula is C16H25N3O2S2. The number of thiocarbonyl (C=S) groups is 1. The van der Waals surface area contributed by atoms with Crippen LogP contribution in [0, 0.1) is 0 Å². The largest absolute Gasteiger partial charge is 0.332 e. The third kappa shape index (κ3) is 4.65. The van der Waals surface area contributed by atoms with E-state index in [0.29, 0.717) is 17.5 Å². The van der Waals surface area contributed by atoms with Gasteiger partial charge in [-0.2, -0.15) is 0 Å². The minimum atomic E-state index is -2.95. The third-order valence-electron chi connectivity index (χ3n) is 4.02. The van der Waals surface area contributed by atoms with Crippen LogP contribution < -0.4 is 5.32 Å². The molecule has 0 bridgehead atoms. The average Bonchev–Trinajstić information content (AvgIpc) is 2.79. The number of nitrogens with one attached hydrogen (secondary N) is 1. The molecule has 1 heterocycles. The number of sulfone groups is 1. The van der Waals surface area contributed by atoms with Gasteiger partial charge in [0.1, 0.15) is 0 Å². The summed E-state index contributed by atoms with van der Waals surface area (Å²) < 4.78 is 23.5. The molecule has 0 unspecified atom stereocenters. The molecular weight excluding hydrogens is 330 g/mol. The Bertz CT molecular complexity index is 654. The first-order valence-electron chi connectivity index (χ1n) is 7.77. The van der Waals surface area contributed by atoms with Crippen molar-refractivity contribution < 1.29 is 8.42 Å². The summed E-state index contributed by atoms with van der Waals surface area (Å²) in [6.45, 7) is 4.31. The zero-order chi connectivity index (χ0) is 17.2. The Balaban J connectivity index is 2.09. The van der Waals surface area contributed by atoms with Crippen molar-refractivity contribution in [3.05, 3.63) is 29.8 Å². The number of hydrogen-bond acceptors (Lipinski definition) is 4. The molecule has 0 amide bonds. The lowest BCUT2D eigenvalue weighted by atomic mass is 10.0. The lowest BCUT2D eigenvalue weighted by Crippen LogP contribution is -2.51.